The second-order valence-corrected chi connectivity index (χ2v) is 8.67. The van der Waals surface area contributed by atoms with Gasteiger partial charge in [-0.25, -0.2) is 26.3 Å². The van der Waals surface area contributed by atoms with Gasteiger partial charge in [0, 0.05) is 52.9 Å². The van der Waals surface area contributed by atoms with Crippen LogP contribution in [0.2, 0.25) is 0 Å². The van der Waals surface area contributed by atoms with Crippen molar-refractivity contribution in [2.24, 2.45) is 0 Å². The van der Waals surface area contributed by atoms with Gasteiger partial charge < -0.3 is 18.9 Å². The summed E-state index contributed by atoms with van der Waals surface area (Å²) < 4.78 is 139. The Morgan fingerprint density at radius 1 is 0.302 bits per heavy atom. The SMILES string of the molecule is C1CCOC1.C1CCOC1.C1CCOC1.C1CCOC1.Fc1[c-]c(F)c(F)c(F)c1F.Fc1[c-]c(F)c(F)c(F)c1F.[Yb+2]. The van der Waals surface area contributed by atoms with E-state index in [2.05, 4.69) is 0 Å². The molecule has 4 aliphatic rings. The second kappa shape index (κ2) is 25.3. The van der Waals surface area contributed by atoms with Crippen LogP contribution in [-0.4, -0.2) is 52.9 Å². The fraction of sp³-hybridized carbons (Fsp3) is 0.571. The van der Waals surface area contributed by atoms with Crippen LogP contribution in [-0.2, 0) is 18.9 Å². The first-order chi connectivity index (χ1) is 20.1. The molecule has 43 heavy (non-hydrogen) atoms. The van der Waals surface area contributed by atoms with Crippen LogP contribution in [0.4, 0.5) is 43.9 Å². The number of halogens is 10. The molecule has 0 spiro atoms. The molecule has 4 nitrogen and oxygen atoms in total. The van der Waals surface area contributed by atoms with E-state index in [9.17, 15) is 43.9 Å². The molecule has 4 fully saturated rings. The molecule has 252 valence electrons. The van der Waals surface area contributed by atoms with Crippen LogP contribution in [0.5, 0.6) is 0 Å². The quantitative estimate of drug-likeness (QED) is 0.120. The summed E-state index contributed by atoms with van der Waals surface area (Å²) in [4.78, 5) is 0. The Hall–Kier alpha value is -0.901. The Bertz CT molecular complexity index is 849. The van der Waals surface area contributed by atoms with Crippen LogP contribution >= 0.6 is 0 Å². The zero-order valence-corrected chi connectivity index (χ0v) is 24.7. The molecule has 0 atom stereocenters. The minimum Gasteiger partial charge on any atom is -0.381 e. The number of rotatable bonds is 0. The molecular formula is C28H32F10O4Yb. The standard InChI is InChI=1S/2C6F5.4C4H8O.Yb/c2*7-2-1-3(8)5(10)6(11)4(2)9;4*1-2-4-5-3-1;/h;;4*1-4H2;/q2*-1;;;;;+2. The van der Waals surface area contributed by atoms with Crippen LogP contribution in [0.1, 0.15) is 51.4 Å². The molecule has 0 bridgehead atoms. The average Bonchev–Trinajstić information content (AvgIpc) is 3.84. The van der Waals surface area contributed by atoms with Crippen LogP contribution in [0, 0.1) is 117 Å². The van der Waals surface area contributed by atoms with Gasteiger partial charge in [0.15, 0.2) is 0 Å². The third-order valence-corrected chi connectivity index (χ3v) is 5.29. The zero-order chi connectivity index (χ0) is 31.3. The van der Waals surface area contributed by atoms with Gasteiger partial charge in [0.2, 0.25) is 0 Å². The summed E-state index contributed by atoms with van der Waals surface area (Å²) in [5.74, 6) is -20.1. The van der Waals surface area contributed by atoms with E-state index < -0.39 is 58.2 Å². The van der Waals surface area contributed by atoms with Crippen molar-refractivity contribution in [1.82, 2.24) is 0 Å². The zero-order valence-electron chi connectivity index (χ0n) is 23.0. The molecule has 4 aliphatic heterocycles. The molecule has 15 heteroatoms. The summed E-state index contributed by atoms with van der Waals surface area (Å²) in [7, 11) is 0. The first-order valence-electron chi connectivity index (χ1n) is 13.2. The molecule has 0 amide bonds. The summed E-state index contributed by atoms with van der Waals surface area (Å²) in [5.41, 5.74) is 0. The number of hydrogen-bond acceptors (Lipinski definition) is 4. The molecule has 0 unspecified atom stereocenters. The summed E-state index contributed by atoms with van der Waals surface area (Å²) >= 11 is 0. The second-order valence-electron chi connectivity index (χ2n) is 8.67. The Labute approximate surface area is 282 Å². The molecule has 0 aromatic heterocycles. The van der Waals surface area contributed by atoms with Gasteiger partial charge in [0.1, 0.15) is 0 Å². The van der Waals surface area contributed by atoms with Crippen molar-refractivity contribution in [3.05, 3.63) is 70.3 Å². The maximum Gasteiger partial charge on any atom is 2.00 e. The molecule has 2 aromatic rings. The Balaban J connectivity index is 0.000000510. The third-order valence-electron chi connectivity index (χ3n) is 5.29. The summed E-state index contributed by atoms with van der Waals surface area (Å²) in [5, 5.41) is 0. The van der Waals surface area contributed by atoms with Crippen molar-refractivity contribution in [3.63, 3.8) is 0 Å². The summed E-state index contributed by atoms with van der Waals surface area (Å²) in [6, 6.07) is 2.05. The fourth-order valence-electron chi connectivity index (χ4n) is 3.03. The van der Waals surface area contributed by atoms with Crippen molar-refractivity contribution < 1.29 is 110 Å². The van der Waals surface area contributed by atoms with E-state index in [1.165, 1.54) is 51.4 Å². The van der Waals surface area contributed by atoms with Crippen LogP contribution in [0.3, 0.4) is 0 Å². The molecule has 0 radical (unpaired) electrons. The molecule has 6 rings (SSSR count). The van der Waals surface area contributed by atoms with Crippen LogP contribution in [0.15, 0.2) is 0 Å². The maximum absolute atomic E-state index is 12.0. The Kier molecular flexibility index (Phi) is 24.8. The summed E-state index contributed by atoms with van der Waals surface area (Å²) in [6.07, 6.45) is 10.2. The minimum atomic E-state index is -2.17. The number of hydrogen-bond donors (Lipinski definition) is 0. The Morgan fingerprint density at radius 2 is 0.465 bits per heavy atom. The average molecular weight is 796 g/mol. The van der Waals surface area contributed by atoms with Crippen molar-refractivity contribution in [3.8, 4) is 0 Å². The largest absolute Gasteiger partial charge is 2.00 e. The normalized spacial score (nSPS) is 16.4. The number of benzene rings is 2. The molecule has 0 N–H and O–H groups in total. The van der Waals surface area contributed by atoms with Crippen LogP contribution in [0.25, 0.3) is 0 Å². The predicted molar refractivity (Wildman–Crippen MR) is 130 cm³/mol. The smallest absolute Gasteiger partial charge is 0.381 e. The van der Waals surface area contributed by atoms with E-state index in [0.717, 1.165) is 65.0 Å². The first-order valence-corrected chi connectivity index (χ1v) is 13.2. The first kappa shape index (κ1) is 42.1. The van der Waals surface area contributed by atoms with Crippen molar-refractivity contribution in [1.29, 1.82) is 0 Å². The van der Waals surface area contributed by atoms with Crippen molar-refractivity contribution in [2.75, 3.05) is 52.9 Å². The monoisotopic (exact) mass is 796 g/mol. The molecule has 4 heterocycles. The predicted octanol–water partition coefficient (Wildman–Crippen LogP) is 7.55. The van der Waals surface area contributed by atoms with E-state index in [0.29, 0.717) is 0 Å². The molecule has 4 saturated heterocycles. The van der Waals surface area contributed by atoms with E-state index in [4.69, 9.17) is 18.9 Å². The molecule has 0 saturated carbocycles. The topological polar surface area (TPSA) is 36.9 Å². The van der Waals surface area contributed by atoms with Gasteiger partial charge in [0.25, 0.3) is 0 Å². The van der Waals surface area contributed by atoms with Gasteiger partial charge in [-0.3, -0.25) is 17.6 Å². The van der Waals surface area contributed by atoms with Gasteiger partial charge >= 0.3 is 46.9 Å². The molecule has 2 aromatic carbocycles. The van der Waals surface area contributed by atoms with E-state index in [1.54, 1.807) is 0 Å². The third kappa shape index (κ3) is 18.0. The van der Waals surface area contributed by atoms with Crippen LogP contribution < -0.4 is 0 Å². The molecule has 0 aliphatic carbocycles. The summed E-state index contributed by atoms with van der Waals surface area (Å²) in [6.45, 7) is 8.00. The minimum absolute atomic E-state index is 0. The van der Waals surface area contributed by atoms with Gasteiger partial charge in [-0.2, -0.15) is 0 Å². The maximum atomic E-state index is 12.0. The van der Waals surface area contributed by atoms with Gasteiger partial charge in [-0.15, -0.1) is 12.1 Å². The van der Waals surface area contributed by atoms with Gasteiger partial charge in [0.05, 0.1) is 58.2 Å². The van der Waals surface area contributed by atoms with E-state index in [1.807, 2.05) is 0 Å². The van der Waals surface area contributed by atoms with Crippen molar-refractivity contribution >= 4 is 0 Å². The Morgan fingerprint density at radius 3 is 0.581 bits per heavy atom. The van der Waals surface area contributed by atoms with Gasteiger partial charge in [-0.1, -0.05) is 0 Å². The van der Waals surface area contributed by atoms with Gasteiger partial charge in [-0.05, 0) is 51.4 Å². The number of ether oxygens (including phenoxy) is 4. The van der Waals surface area contributed by atoms with Crippen molar-refractivity contribution in [2.45, 2.75) is 51.4 Å². The molecular weight excluding hydrogens is 763 g/mol. The van der Waals surface area contributed by atoms with E-state index >= 15 is 0 Å². The van der Waals surface area contributed by atoms with E-state index in [-0.39, 0.29) is 46.9 Å². The fourth-order valence-corrected chi connectivity index (χ4v) is 3.03.